The fourth-order valence-electron chi connectivity index (χ4n) is 3.28. The molecule has 3 rings (SSSR count). The van der Waals surface area contributed by atoms with E-state index in [0.717, 1.165) is 18.7 Å². The zero-order valence-corrected chi connectivity index (χ0v) is 16.4. The average Bonchev–Trinajstić information content (AvgIpc) is 2.75. The first-order valence-corrected chi connectivity index (χ1v) is 9.65. The van der Waals surface area contributed by atoms with Crippen LogP contribution in [0.4, 0.5) is 5.69 Å². The van der Waals surface area contributed by atoms with Gasteiger partial charge in [0.05, 0.1) is 30.8 Å². The second-order valence-corrected chi connectivity index (χ2v) is 6.72. The van der Waals surface area contributed by atoms with Gasteiger partial charge in [-0.15, -0.1) is 0 Å². The van der Waals surface area contributed by atoms with Crippen LogP contribution in [0.1, 0.15) is 28.9 Å². The zero-order valence-electron chi connectivity index (χ0n) is 16.4. The standard InChI is InChI=1S/C21H25N3O5/c1-2-29-20-9-8-17(14-19(20)24(26)27)21(25)22-18(16-6-4-3-5-7-16)15-23-10-12-28-13-11-23/h3-9,14,18H,2,10-13,15H2,1H3,(H,22,25)/t18-/m1/s1. The third kappa shape index (κ3) is 5.52. The first-order valence-electron chi connectivity index (χ1n) is 9.65. The van der Waals surface area contributed by atoms with Crippen LogP contribution in [0.2, 0.25) is 0 Å². The average molecular weight is 399 g/mol. The monoisotopic (exact) mass is 399 g/mol. The minimum absolute atomic E-state index is 0.155. The maximum Gasteiger partial charge on any atom is 0.311 e. The highest BCUT2D eigenvalue weighted by atomic mass is 16.6. The van der Waals surface area contributed by atoms with E-state index in [1.165, 1.54) is 12.1 Å². The molecule has 2 aromatic rings. The lowest BCUT2D eigenvalue weighted by atomic mass is 10.0. The molecule has 1 atom stereocenters. The molecule has 0 aliphatic carbocycles. The number of nitrogens with one attached hydrogen (secondary N) is 1. The molecule has 2 aromatic carbocycles. The van der Waals surface area contributed by atoms with Crippen LogP contribution in [0.3, 0.4) is 0 Å². The van der Waals surface area contributed by atoms with E-state index in [9.17, 15) is 14.9 Å². The van der Waals surface area contributed by atoms with Crippen molar-refractivity contribution < 1.29 is 19.2 Å². The lowest BCUT2D eigenvalue weighted by molar-refractivity contribution is -0.385. The Morgan fingerprint density at radius 1 is 1.24 bits per heavy atom. The summed E-state index contributed by atoms with van der Waals surface area (Å²) in [5.74, 6) is -0.208. The molecule has 1 aliphatic heterocycles. The Kier molecular flexibility index (Phi) is 7.15. The molecule has 154 valence electrons. The van der Waals surface area contributed by atoms with Crippen molar-refractivity contribution in [2.45, 2.75) is 13.0 Å². The van der Waals surface area contributed by atoms with Crippen molar-refractivity contribution in [2.75, 3.05) is 39.5 Å². The normalized spacial score (nSPS) is 15.5. The van der Waals surface area contributed by atoms with E-state index in [4.69, 9.17) is 9.47 Å². The van der Waals surface area contributed by atoms with Gasteiger partial charge in [0.1, 0.15) is 0 Å². The Labute approximate surface area is 169 Å². The number of carbonyl (C=O) groups excluding carboxylic acids is 1. The molecule has 0 aromatic heterocycles. The number of ether oxygens (including phenoxy) is 2. The topological polar surface area (TPSA) is 93.9 Å². The third-order valence-electron chi connectivity index (χ3n) is 4.77. The fourth-order valence-corrected chi connectivity index (χ4v) is 3.28. The molecule has 1 saturated heterocycles. The van der Waals surface area contributed by atoms with Crippen molar-refractivity contribution in [3.63, 3.8) is 0 Å². The van der Waals surface area contributed by atoms with Crippen molar-refractivity contribution in [3.8, 4) is 5.75 Å². The van der Waals surface area contributed by atoms with Crippen LogP contribution in [0.5, 0.6) is 5.75 Å². The van der Waals surface area contributed by atoms with Crippen molar-refractivity contribution in [1.29, 1.82) is 0 Å². The van der Waals surface area contributed by atoms with Crippen molar-refractivity contribution >= 4 is 11.6 Å². The van der Waals surface area contributed by atoms with Gasteiger partial charge in [-0.1, -0.05) is 30.3 Å². The van der Waals surface area contributed by atoms with Crippen LogP contribution >= 0.6 is 0 Å². The predicted octanol–water partition coefficient (Wildman–Crippen LogP) is 2.80. The zero-order chi connectivity index (χ0) is 20.6. The number of nitro groups is 1. The molecule has 1 aliphatic rings. The van der Waals surface area contributed by atoms with Crippen LogP contribution in [-0.4, -0.2) is 55.2 Å². The van der Waals surface area contributed by atoms with Gasteiger partial charge in [0.15, 0.2) is 5.75 Å². The highest BCUT2D eigenvalue weighted by Gasteiger charge is 2.23. The van der Waals surface area contributed by atoms with Crippen molar-refractivity contribution in [1.82, 2.24) is 10.2 Å². The molecule has 0 saturated carbocycles. The minimum Gasteiger partial charge on any atom is -0.487 e. The Bertz CT molecular complexity index is 837. The molecule has 0 radical (unpaired) electrons. The van der Waals surface area contributed by atoms with Gasteiger partial charge >= 0.3 is 5.69 Å². The van der Waals surface area contributed by atoms with E-state index in [-0.39, 0.29) is 28.9 Å². The largest absolute Gasteiger partial charge is 0.487 e. The van der Waals surface area contributed by atoms with Crippen LogP contribution < -0.4 is 10.1 Å². The molecule has 1 fully saturated rings. The second kappa shape index (κ2) is 9.99. The number of morpholine rings is 1. The van der Waals surface area contributed by atoms with Crippen LogP contribution in [0.25, 0.3) is 0 Å². The number of benzene rings is 2. The summed E-state index contributed by atoms with van der Waals surface area (Å²) < 4.78 is 10.7. The van der Waals surface area contributed by atoms with Gasteiger partial charge in [-0.3, -0.25) is 19.8 Å². The SMILES string of the molecule is CCOc1ccc(C(=O)N[C@H](CN2CCOCC2)c2ccccc2)cc1[N+](=O)[O-]. The Balaban J connectivity index is 1.80. The van der Waals surface area contributed by atoms with Gasteiger partial charge < -0.3 is 14.8 Å². The van der Waals surface area contributed by atoms with Gasteiger partial charge in [-0.2, -0.15) is 0 Å². The molecule has 0 bridgehead atoms. The van der Waals surface area contributed by atoms with Gasteiger partial charge in [0.2, 0.25) is 0 Å². The number of hydrogen-bond donors (Lipinski definition) is 1. The molecule has 0 spiro atoms. The summed E-state index contributed by atoms with van der Waals surface area (Å²) in [7, 11) is 0. The first-order chi connectivity index (χ1) is 14.1. The molecule has 1 heterocycles. The van der Waals surface area contributed by atoms with Crippen molar-refractivity contribution in [2.24, 2.45) is 0 Å². The smallest absolute Gasteiger partial charge is 0.311 e. The summed E-state index contributed by atoms with van der Waals surface area (Å²) in [5.41, 5.74) is 0.986. The number of hydrogen-bond acceptors (Lipinski definition) is 6. The van der Waals surface area contributed by atoms with Crippen LogP contribution in [-0.2, 0) is 4.74 Å². The summed E-state index contributed by atoms with van der Waals surface area (Å²) in [6, 6.07) is 13.7. The van der Waals surface area contributed by atoms with E-state index in [1.54, 1.807) is 13.0 Å². The molecule has 0 unspecified atom stereocenters. The lowest BCUT2D eigenvalue weighted by Crippen LogP contribution is -2.43. The first kappa shape index (κ1) is 20.8. The summed E-state index contributed by atoms with van der Waals surface area (Å²) in [6.07, 6.45) is 0. The van der Waals surface area contributed by atoms with E-state index < -0.39 is 4.92 Å². The van der Waals surface area contributed by atoms with E-state index in [2.05, 4.69) is 10.2 Å². The molecular formula is C21H25N3O5. The molecule has 1 N–H and O–H groups in total. The number of rotatable bonds is 8. The van der Waals surface area contributed by atoms with E-state index in [0.29, 0.717) is 26.4 Å². The Morgan fingerprint density at radius 2 is 1.97 bits per heavy atom. The summed E-state index contributed by atoms with van der Waals surface area (Å²) in [6.45, 7) is 5.63. The van der Waals surface area contributed by atoms with E-state index in [1.807, 2.05) is 30.3 Å². The summed E-state index contributed by atoms with van der Waals surface area (Å²) >= 11 is 0. The van der Waals surface area contributed by atoms with Gasteiger partial charge in [0, 0.05) is 31.3 Å². The van der Waals surface area contributed by atoms with Crippen LogP contribution in [0, 0.1) is 10.1 Å². The second-order valence-electron chi connectivity index (χ2n) is 6.72. The van der Waals surface area contributed by atoms with Gasteiger partial charge in [-0.25, -0.2) is 0 Å². The maximum absolute atomic E-state index is 12.9. The number of nitro benzene ring substituents is 1. The van der Waals surface area contributed by atoms with Crippen LogP contribution in [0.15, 0.2) is 48.5 Å². The highest BCUT2D eigenvalue weighted by molar-refractivity contribution is 5.95. The molecule has 29 heavy (non-hydrogen) atoms. The summed E-state index contributed by atoms with van der Waals surface area (Å²) in [4.78, 5) is 26.0. The molecule has 8 heteroatoms. The third-order valence-corrected chi connectivity index (χ3v) is 4.77. The number of nitrogens with zero attached hydrogens (tertiary/aromatic N) is 2. The van der Waals surface area contributed by atoms with Gasteiger partial charge in [0.25, 0.3) is 5.91 Å². The Morgan fingerprint density at radius 3 is 2.62 bits per heavy atom. The van der Waals surface area contributed by atoms with Crippen molar-refractivity contribution in [3.05, 3.63) is 69.8 Å². The minimum atomic E-state index is -0.538. The maximum atomic E-state index is 12.9. The van der Waals surface area contributed by atoms with E-state index >= 15 is 0 Å². The lowest BCUT2D eigenvalue weighted by Gasteiger charge is -2.31. The number of carbonyl (C=O) groups is 1. The summed E-state index contributed by atoms with van der Waals surface area (Å²) in [5, 5.41) is 14.4. The Hall–Kier alpha value is -2.97. The highest BCUT2D eigenvalue weighted by Crippen LogP contribution is 2.28. The number of amides is 1. The molecule has 1 amide bonds. The predicted molar refractivity (Wildman–Crippen MR) is 108 cm³/mol. The fraction of sp³-hybridized carbons (Fsp3) is 0.381. The quantitative estimate of drug-likeness (QED) is 0.542. The molecular weight excluding hydrogens is 374 g/mol. The molecule has 8 nitrogen and oxygen atoms in total. The van der Waals surface area contributed by atoms with Gasteiger partial charge in [-0.05, 0) is 24.6 Å².